The molecule has 0 bridgehead atoms. The predicted octanol–water partition coefficient (Wildman–Crippen LogP) is 1.05. The average molecular weight is 300 g/mol. The summed E-state index contributed by atoms with van der Waals surface area (Å²) in [5.41, 5.74) is 2.94. The van der Waals surface area contributed by atoms with Crippen LogP contribution in [0.2, 0.25) is 0 Å². The fourth-order valence-electron chi connectivity index (χ4n) is 2.93. The molecule has 0 spiro atoms. The molecular formula is C15H13BF3K. The normalized spacial score (nSPS) is 15.2. The van der Waals surface area contributed by atoms with Gasteiger partial charge in [-0.25, -0.2) is 0 Å². The van der Waals surface area contributed by atoms with Crippen molar-refractivity contribution in [3.05, 3.63) is 53.6 Å². The summed E-state index contributed by atoms with van der Waals surface area (Å²) >= 11 is 0. The minimum absolute atomic E-state index is 0. The molecule has 0 N–H and O–H groups in total. The van der Waals surface area contributed by atoms with Gasteiger partial charge in [-0.3, -0.25) is 0 Å². The van der Waals surface area contributed by atoms with Crippen molar-refractivity contribution in [2.45, 2.75) is 19.3 Å². The van der Waals surface area contributed by atoms with Gasteiger partial charge in [0.2, 0.25) is 0 Å². The zero-order valence-electron chi connectivity index (χ0n) is 11.8. The van der Waals surface area contributed by atoms with Gasteiger partial charge in [0.05, 0.1) is 0 Å². The van der Waals surface area contributed by atoms with Crippen LogP contribution < -0.4 is 56.8 Å². The molecule has 0 saturated carbocycles. The zero-order valence-corrected chi connectivity index (χ0v) is 14.9. The smallest absolute Gasteiger partial charge is 0.445 e. The van der Waals surface area contributed by atoms with E-state index >= 15 is 0 Å². The summed E-state index contributed by atoms with van der Waals surface area (Å²) in [6.07, 6.45) is 0. The molecule has 0 unspecified atom stereocenters. The molecule has 2 aromatic carbocycles. The van der Waals surface area contributed by atoms with Crippen molar-refractivity contribution >= 4 is 12.4 Å². The zero-order chi connectivity index (χ0) is 13.8. The second-order valence-electron chi connectivity index (χ2n) is 5.55. The summed E-state index contributed by atoms with van der Waals surface area (Å²) in [5, 5.41) is 0. The monoisotopic (exact) mass is 300 g/mol. The molecule has 0 radical (unpaired) electrons. The van der Waals surface area contributed by atoms with Gasteiger partial charge in [0, 0.05) is 5.41 Å². The molecule has 0 heterocycles. The molecule has 98 valence electrons. The Kier molecular flexibility index (Phi) is 4.31. The van der Waals surface area contributed by atoms with Crippen LogP contribution in [0.25, 0.3) is 11.1 Å². The van der Waals surface area contributed by atoms with E-state index in [1.54, 1.807) is 6.07 Å². The second-order valence-corrected chi connectivity index (χ2v) is 5.55. The Labute approximate surface area is 159 Å². The third-order valence-corrected chi connectivity index (χ3v) is 3.99. The molecule has 3 rings (SSSR count). The molecule has 1 aliphatic rings. The maximum Gasteiger partial charge on any atom is 1.00 e. The van der Waals surface area contributed by atoms with Gasteiger partial charge in [-0.1, -0.05) is 56.3 Å². The molecule has 0 amide bonds. The minimum atomic E-state index is -4.94. The van der Waals surface area contributed by atoms with Crippen LogP contribution >= 0.6 is 0 Å². The van der Waals surface area contributed by atoms with Gasteiger partial charge in [0.1, 0.15) is 0 Å². The molecule has 0 nitrogen and oxygen atoms in total. The van der Waals surface area contributed by atoms with E-state index in [0.717, 1.165) is 22.3 Å². The molecule has 0 fully saturated rings. The van der Waals surface area contributed by atoms with E-state index in [4.69, 9.17) is 0 Å². The summed E-state index contributed by atoms with van der Waals surface area (Å²) in [5.74, 6) is 0. The van der Waals surface area contributed by atoms with Gasteiger partial charge in [0.15, 0.2) is 0 Å². The number of hydrogen-bond acceptors (Lipinski definition) is 0. The van der Waals surface area contributed by atoms with Crippen molar-refractivity contribution in [2.24, 2.45) is 0 Å². The Balaban J connectivity index is 0.00000147. The molecule has 2 aromatic rings. The fraction of sp³-hybridized carbons (Fsp3) is 0.200. The van der Waals surface area contributed by atoms with Gasteiger partial charge < -0.3 is 12.9 Å². The van der Waals surface area contributed by atoms with E-state index in [2.05, 4.69) is 0 Å². The first-order chi connectivity index (χ1) is 8.82. The van der Waals surface area contributed by atoms with Crippen molar-refractivity contribution in [2.75, 3.05) is 0 Å². The Bertz CT molecular complexity index is 662. The molecule has 5 heteroatoms. The second kappa shape index (κ2) is 5.29. The third-order valence-electron chi connectivity index (χ3n) is 3.99. The van der Waals surface area contributed by atoms with Gasteiger partial charge >= 0.3 is 58.4 Å². The van der Waals surface area contributed by atoms with Crippen LogP contribution in [0.4, 0.5) is 12.9 Å². The SMILES string of the molecule is CC1(C)c2ccccc2-c2ccc([B-](F)(F)F)cc21.[K+]. The molecular weight excluding hydrogens is 287 g/mol. The van der Waals surface area contributed by atoms with E-state index in [0.29, 0.717) is 0 Å². The maximum atomic E-state index is 12.9. The summed E-state index contributed by atoms with van der Waals surface area (Å²) in [6.45, 7) is -0.990. The molecule has 1 aliphatic carbocycles. The number of halogens is 3. The molecule has 0 atom stereocenters. The van der Waals surface area contributed by atoms with Gasteiger partial charge in [-0.15, -0.1) is 5.46 Å². The van der Waals surface area contributed by atoms with Crippen LogP contribution in [0, 0.1) is 0 Å². The molecule has 0 aromatic heterocycles. The minimum Gasteiger partial charge on any atom is -0.445 e. The number of hydrogen-bond donors (Lipinski definition) is 0. The predicted molar refractivity (Wildman–Crippen MR) is 72.7 cm³/mol. The Morgan fingerprint density at radius 1 is 0.850 bits per heavy atom. The number of fused-ring (bicyclic) bond motifs is 3. The van der Waals surface area contributed by atoms with Crippen molar-refractivity contribution in [1.29, 1.82) is 0 Å². The summed E-state index contributed by atoms with van der Waals surface area (Å²) in [7, 11) is 0. The van der Waals surface area contributed by atoms with E-state index < -0.39 is 12.4 Å². The van der Waals surface area contributed by atoms with Gasteiger partial charge in [0.25, 0.3) is 0 Å². The number of benzene rings is 2. The molecule has 0 saturated heterocycles. The van der Waals surface area contributed by atoms with Crippen LogP contribution in [-0.2, 0) is 5.41 Å². The van der Waals surface area contributed by atoms with Gasteiger partial charge in [-0.2, -0.15) is 0 Å². The first-order valence-electron chi connectivity index (χ1n) is 6.26. The van der Waals surface area contributed by atoms with Crippen LogP contribution in [0.3, 0.4) is 0 Å². The summed E-state index contributed by atoms with van der Waals surface area (Å²) in [4.78, 5) is 0. The fourth-order valence-corrected chi connectivity index (χ4v) is 2.93. The van der Waals surface area contributed by atoms with Crippen molar-refractivity contribution in [3.63, 3.8) is 0 Å². The van der Waals surface area contributed by atoms with E-state index in [1.165, 1.54) is 12.1 Å². The van der Waals surface area contributed by atoms with Crippen LogP contribution in [0.1, 0.15) is 25.0 Å². The van der Waals surface area contributed by atoms with Crippen LogP contribution in [0.15, 0.2) is 42.5 Å². The van der Waals surface area contributed by atoms with E-state index in [-0.39, 0.29) is 56.8 Å². The van der Waals surface area contributed by atoms with E-state index in [1.807, 2.05) is 38.1 Å². The average Bonchev–Trinajstić information content (AvgIpc) is 2.58. The van der Waals surface area contributed by atoms with Crippen molar-refractivity contribution < 1.29 is 64.3 Å². The van der Waals surface area contributed by atoms with Crippen molar-refractivity contribution in [3.8, 4) is 11.1 Å². The first kappa shape index (κ1) is 16.3. The topological polar surface area (TPSA) is 0 Å². The Morgan fingerprint density at radius 3 is 2.10 bits per heavy atom. The number of rotatable bonds is 1. The van der Waals surface area contributed by atoms with E-state index in [9.17, 15) is 12.9 Å². The summed E-state index contributed by atoms with van der Waals surface area (Å²) < 4.78 is 38.7. The first-order valence-corrected chi connectivity index (χ1v) is 6.26. The quantitative estimate of drug-likeness (QED) is 0.691. The maximum absolute atomic E-state index is 12.9. The van der Waals surface area contributed by atoms with Crippen LogP contribution in [0.5, 0.6) is 0 Å². The van der Waals surface area contributed by atoms with Crippen molar-refractivity contribution in [1.82, 2.24) is 0 Å². The molecule has 20 heavy (non-hydrogen) atoms. The Morgan fingerprint density at radius 2 is 1.45 bits per heavy atom. The van der Waals surface area contributed by atoms with Crippen LogP contribution in [-0.4, -0.2) is 6.98 Å². The standard InChI is InChI=1S/C15H13BF3.K/c1-15(2)13-6-4-3-5-11(13)12-8-7-10(9-14(12)15)16(17,18)19;/h3-9H,1-2H3;/q-1;+1. The Hall–Kier alpha value is -0.0687. The molecule has 0 aliphatic heterocycles. The van der Waals surface area contributed by atoms with Gasteiger partial charge in [-0.05, 0) is 22.3 Å². The largest absolute Gasteiger partial charge is 1.00 e. The third kappa shape index (κ3) is 2.44. The summed E-state index contributed by atoms with van der Waals surface area (Å²) in [6, 6.07) is 11.9.